The summed E-state index contributed by atoms with van der Waals surface area (Å²) < 4.78 is 2.14. The predicted molar refractivity (Wildman–Crippen MR) is 124 cm³/mol. The number of benzene rings is 2. The Balaban J connectivity index is 1.77. The number of piperidine rings is 1. The second-order valence-corrected chi connectivity index (χ2v) is 8.56. The number of rotatable bonds is 4. The molecule has 2 heterocycles. The predicted octanol–water partition coefficient (Wildman–Crippen LogP) is 4.75. The number of nitrogens with two attached hydrogens (primary N) is 1. The Kier molecular flexibility index (Phi) is 5.88. The molecule has 0 atom stereocenters. The number of aryl methyl sites for hydroxylation is 1. The average molecular weight is 436 g/mol. The van der Waals surface area contributed by atoms with E-state index < -0.39 is 0 Å². The number of carbonyl (C=O) groups excluding carboxylic acids is 2. The van der Waals surface area contributed by atoms with Crippen molar-refractivity contribution in [1.29, 1.82) is 0 Å². The first-order valence-electron chi connectivity index (χ1n) is 10.5. The van der Waals surface area contributed by atoms with Crippen LogP contribution in [-0.4, -0.2) is 34.4 Å². The minimum absolute atomic E-state index is 0.0111. The first-order valence-corrected chi connectivity index (χ1v) is 10.9. The summed E-state index contributed by atoms with van der Waals surface area (Å²) >= 11 is 6.10. The number of amides is 2. The van der Waals surface area contributed by atoms with Crippen LogP contribution < -0.4 is 5.73 Å². The maximum atomic E-state index is 13.4. The van der Waals surface area contributed by atoms with Crippen LogP contribution in [0.1, 0.15) is 34.5 Å². The van der Waals surface area contributed by atoms with Crippen LogP contribution in [0.15, 0.2) is 54.6 Å². The van der Waals surface area contributed by atoms with E-state index in [0.29, 0.717) is 36.5 Å². The molecule has 6 heteroatoms. The molecule has 0 saturated carbocycles. The third kappa shape index (κ3) is 4.10. The fourth-order valence-electron chi connectivity index (χ4n) is 4.32. The number of likely N-dealkylation sites (tertiary alicyclic amines) is 1. The summed E-state index contributed by atoms with van der Waals surface area (Å²) in [5.41, 5.74) is 11.1. The van der Waals surface area contributed by atoms with Crippen molar-refractivity contribution in [3.8, 4) is 16.9 Å². The molecule has 1 saturated heterocycles. The zero-order valence-corrected chi connectivity index (χ0v) is 18.5. The Labute approximate surface area is 187 Å². The van der Waals surface area contributed by atoms with Crippen molar-refractivity contribution in [2.75, 3.05) is 13.1 Å². The summed E-state index contributed by atoms with van der Waals surface area (Å²) in [7, 11) is 0. The molecule has 0 bridgehead atoms. The molecular weight excluding hydrogens is 410 g/mol. The van der Waals surface area contributed by atoms with Crippen molar-refractivity contribution in [3.05, 3.63) is 76.4 Å². The summed E-state index contributed by atoms with van der Waals surface area (Å²) in [6.45, 7) is 5.13. The van der Waals surface area contributed by atoms with E-state index in [4.69, 9.17) is 17.3 Å². The highest BCUT2D eigenvalue weighted by Crippen LogP contribution is 2.32. The second kappa shape index (κ2) is 8.60. The molecule has 1 aliphatic rings. The fourth-order valence-corrected chi connectivity index (χ4v) is 4.44. The van der Waals surface area contributed by atoms with Crippen LogP contribution in [0.5, 0.6) is 0 Å². The van der Waals surface area contributed by atoms with E-state index in [1.807, 2.05) is 54.3 Å². The van der Waals surface area contributed by atoms with E-state index in [2.05, 4.69) is 23.6 Å². The van der Waals surface area contributed by atoms with Gasteiger partial charge >= 0.3 is 0 Å². The van der Waals surface area contributed by atoms with Crippen molar-refractivity contribution in [2.45, 2.75) is 26.7 Å². The van der Waals surface area contributed by atoms with E-state index in [1.54, 1.807) is 0 Å². The maximum Gasteiger partial charge on any atom is 0.255 e. The second-order valence-electron chi connectivity index (χ2n) is 8.13. The van der Waals surface area contributed by atoms with Gasteiger partial charge in [-0.2, -0.15) is 0 Å². The van der Waals surface area contributed by atoms with E-state index in [1.165, 1.54) is 0 Å². The number of halogens is 1. The summed E-state index contributed by atoms with van der Waals surface area (Å²) in [4.78, 5) is 26.7. The van der Waals surface area contributed by atoms with Gasteiger partial charge in [0, 0.05) is 35.4 Å². The van der Waals surface area contributed by atoms with Crippen LogP contribution in [-0.2, 0) is 4.79 Å². The van der Waals surface area contributed by atoms with Crippen LogP contribution in [0.2, 0.25) is 5.02 Å². The molecule has 3 aromatic rings. The van der Waals surface area contributed by atoms with Crippen molar-refractivity contribution < 1.29 is 9.59 Å². The molecular formula is C25H26ClN3O2. The van der Waals surface area contributed by atoms with Crippen LogP contribution in [0, 0.1) is 19.8 Å². The van der Waals surface area contributed by atoms with Gasteiger partial charge < -0.3 is 15.2 Å². The Morgan fingerprint density at radius 2 is 1.65 bits per heavy atom. The van der Waals surface area contributed by atoms with Gasteiger partial charge in [0.1, 0.15) is 0 Å². The third-order valence-corrected chi connectivity index (χ3v) is 6.41. The van der Waals surface area contributed by atoms with Crippen molar-refractivity contribution in [2.24, 2.45) is 11.7 Å². The van der Waals surface area contributed by atoms with Gasteiger partial charge in [-0.25, -0.2) is 0 Å². The molecule has 1 aliphatic heterocycles. The van der Waals surface area contributed by atoms with Gasteiger partial charge in [-0.15, -0.1) is 0 Å². The zero-order valence-electron chi connectivity index (χ0n) is 17.8. The largest absolute Gasteiger partial charge is 0.369 e. The van der Waals surface area contributed by atoms with E-state index >= 15 is 0 Å². The molecule has 0 radical (unpaired) electrons. The molecule has 5 nitrogen and oxygen atoms in total. The van der Waals surface area contributed by atoms with Gasteiger partial charge in [0.2, 0.25) is 5.91 Å². The number of hydrogen-bond acceptors (Lipinski definition) is 2. The molecule has 2 N–H and O–H groups in total. The normalized spacial score (nSPS) is 14.6. The Hall–Kier alpha value is -3.05. The molecule has 160 valence electrons. The molecule has 2 aromatic carbocycles. The highest BCUT2D eigenvalue weighted by atomic mass is 35.5. The van der Waals surface area contributed by atoms with Crippen LogP contribution in [0.3, 0.4) is 0 Å². The highest BCUT2D eigenvalue weighted by Gasteiger charge is 2.29. The average Bonchev–Trinajstić information content (AvgIpc) is 3.11. The summed E-state index contributed by atoms with van der Waals surface area (Å²) in [6.07, 6.45) is 1.23. The van der Waals surface area contributed by atoms with Crippen molar-refractivity contribution in [1.82, 2.24) is 9.47 Å². The van der Waals surface area contributed by atoms with Crippen LogP contribution >= 0.6 is 11.6 Å². The maximum absolute atomic E-state index is 13.4. The van der Waals surface area contributed by atoms with Crippen molar-refractivity contribution in [3.63, 3.8) is 0 Å². The number of hydrogen-bond donors (Lipinski definition) is 1. The van der Waals surface area contributed by atoms with Gasteiger partial charge in [0.15, 0.2) is 0 Å². The van der Waals surface area contributed by atoms with E-state index in [0.717, 1.165) is 28.2 Å². The van der Waals surface area contributed by atoms with Crippen molar-refractivity contribution >= 4 is 23.4 Å². The molecule has 0 spiro atoms. The zero-order chi connectivity index (χ0) is 22.1. The molecule has 1 aromatic heterocycles. The van der Waals surface area contributed by atoms with Gasteiger partial charge in [-0.1, -0.05) is 41.9 Å². The van der Waals surface area contributed by atoms with Gasteiger partial charge in [0.25, 0.3) is 5.91 Å². The molecule has 4 rings (SSSR count). The minimum atomic E-state index is -0.279. The number of nitrogens with zero attached hydrogens (tertiary/aromatic N) is 2. The number of primary amides is 1. The molecule has 0 unspecified atom stereocenters. The van der Waals surface area contributed by atoms with Gasteiger partial charge in [0.05, 0.1) is 11.3 Å². The first kappa shape index (κ1) is 21.2. The first-order chi connectivity index (χ1) is 14.9. The fraction of sp³-hybridized carbons (Fsp3) is 0.280. The monoisotopic (exact) mass is 435 g/mol. The number of para-hydroxylation sites is 1. The topological polar surface area (TPSA) is 68.3 Å². The lowest BCUT2D eigenvalue weighted by Crippen LogP contribution is -2.41. The molecule has 31 heavy (non-hydrogen) atoms. The Bertz CT molecular complexity index is 1130. The van der Waals surface area contributed by atoms with E-state index in [9.17, 15) is 9.59 Å². The van der Waals surface area contributed by atoms with Crippen LogP contribution in [0.25, 0.3) is 16.9 Å². The standard InChI is InChI=1S/C25H26ClN3O2/c1-16-5-3-4-6-22(16)29-17(2)21(15-23(29)18-7-9-20(26)10-8-18)25(31)28-13-11-19(12-14-28)24(27)30/h3-10,15,19H,11-14H2,1-2H3,(H2,27,30). The lowest BCUT2D eigenvalue weighted by Gasteiger charge is -2.30. The molecule has 0 aliphatic carbocycles. The number of aromatic nitrogens is 1. The molecule has 2 amide bonds. The lowest BCUT2D eigenvalue weighted by atomic mass is 9.96. The summed E-state index contributed by atoms with van der Waals surface area (Å²) in [5, 5.41) is 0.670. The summed E-state index contributed by atoms with van der Waals surface area (Å²) in [5.74, 6) is -0.437. The highest BCUT2D eigenvalue weighted by molar-refractivity contribution is 6.30. The minimum Gasteiger partial charge on any atom is -0.369 e. The van der Waals surface area contributed by atoms with Gasteiger partial charge in [-0.05, 0) is 62.1 Å². The number of carbonyl (C=O) groups is 2. The van der Waals surface area contributed by atoms with E-state index in [-0.39, 0.29) is 17.7 Å². The Morgan fingerprint density at radius 3 is 2.26 bits per heavy atom. The smallest absolute Gasteiger partial charge is 0.255 e. The van der Waals surface area contributed by atoms with Gasteiger partial charge in [-0.3, -0.25) is 9.59 Å². The third-order valence-electron chi connectivity index (χ3n) is 6.16. The SMILES string of the molecule is Cc1ccccc1-n1c(-c2ccc(Cl)cc2)cc(C(=O)N2CCC(C(N)=O)CC2)c1C. The lowest BCUT2D eigenvalue weighted by molar-refractivity contribution is -0.123. The molecule has 1 fully saturated rings. The Morgan fingerprint density at radius 1 is 1.00 bits per heavy atom. The van der Waals surface area contributed by atoms with Crippen LogP contribution in [0.4, 0.5) is 0 Å². The quantitative estimate of drug-likeness (QED) is 0.642. The summed E-state index contributed by atoms with van der Waals surface area (Å²) in [6, 6.07) is 17.8.